The van der Waals surface area contributed by atoms with Crippen LogP contribution in [0.2, 0.25) is 5.15 Å². The summed E-state index contributed by atoms with van der Waals surface area (Å²) in [5.41, 5.74) is 1.67. The number of hydrogen-bond acceptors (Lipinski definition) is 3. The molecule has 3 nitrogen and oxygen atoms in total. The van der Waals surface area contributed by atoms with Crippen molar-refractivity contribution in [1.29, 1.82) is 0 Å². The van der Waals surface area contributed by atoms with Gasteiger partial charge in [0.25, 0.3) is 0 Å². The summed E-state index contributed by atoms with van der Waals surface area (Å²) in [7, 11) is 0. The minimum Gasteiger partial charge on any atom is -0.367 e. The number of halogens is 2. The van der Waals surface area contributed by atoms with Gasteiger partial charge < -0.3 is 4.90 Å². The third-order valence-electron chi connectivity index (χ3n) is 3.72. The van der Waals surface area contributed by atoms with Crippen molar-refractivity contribution < 1.29 is 4.39 Å². The van der Waals surface area contributed by atoms with Crippen LogP contribution in [0.5, 0.6) is 0 Å². The maximum absolute atomic E-state index is 13.8. The molecule has 1 fully saturated rings. The first kappa shape index (κ1) is 14.3. The van der Waals surface area contributed by atoms with Crippen LogP contribution < -0.4 is 4.90 Å². The quantitative estimate of drug-likeness (QED) is 0.812. The molecule has 1 aromatic heterocycles. The van der Waals surface area contributed by atoms with Crippen molar-refractivity contribution in [3.63, 3.8) is 0 Å². The first-order valence-corrected chi connectivity index (χ1v) is 7.43. The Balaban J connectivity index is 1.59. The molecule has 0 bridgehead atoms. The van der Waals surface area contributed by atoms with Crippen LogP contribution in [0.1, 0.15) is 5.69 Å². The van der Waals surface area contributed by atoms with Crippen molar-refractivity contribution in [3.8, 4) is 0 Å². The lowest BCUT2D eigenvalue weighted by atomic mass is 10.2. The summed E-state index contributed by atoms with van der Waals surface area (Å²) in [5.74, 6) is -0.151. The highest BCUT2D eigenvalue weighted by molar-refractivity contribution is 6.29. The molecule has 3 rings (SSSR count). The van der Waals surface area contributed by atoms with E-state index < -0.39 is 0 Å². The predicted molar refractivity (Wildman–Crippen MR) is 83.1 cm³/mol. The van der Waals surface area contributed by atoms with Crippen molar-refractivity contribution >= 4 is 17.3 Å². The first-order valence-electron chi connectivity index (χ1n) is 7.05. The van der Waals surface area contributed by atoms with Gasteiger partial charge in [-0.2, -0.15) is 0 Å². The van der Waals surface area contributed by atoms with E-state index in [4.69, 9.17) is 11.6 Å². The van der Waals surface area contributed by atoms with E-state index in [-0.39, 0.29) is 5.82 Å². The summed E-state index contributed by atoms with van der Waals surface area (Å²) in [5, 5.41) is 0.525. The highest BCUT2D eigenvalue weighted by atomic mass is 35.5. The Hall–Kier alpha value is -1.65. The lowest BCUT2D eigenvalue weighted by molar-refractivity contribution is 0.246. The van der Waals surface area contributed by atoms with Crippen LogP contribution >= 0.6 is 11.6 Å². The molecule has 0 spiro atoms. The Labute approximate surface area is 129 Å². The Bertz CT molecular complexity index is 612. The molecule has 0 saturated carbocycles. The van der Waals surface area contributed by atoms with Crippen molar-refractivity contribution in [3.05, 3.63) is 59.1 Å². The van der Waals surface area contributed by atoms with Gasteiger partial charge in [0.1, 0.15) is 11.0 Å². The zero-order chi connectivity index (χ0) is 14.7. The number of hydrogen-bond donors (Lipinski definition) is 0. The minimum atomic E-state index is -0.151. The summed E-state index contributed by atoms with van der Waals surface area (Å²) < 4.78 is 13.8. The fraction of sp³-hybridized carbons (Fsp3) is 0.312. The lowest BCUT2D eigenvalue weighted by Crippen LogP contribution is -2.46. The predicted octanol–water partition coefficient (Wildman–Crippen LogP) is 3.20. The monoisotopic (exact) mass is 305 g/mol. The van der Waals surface area contributed by atoms with Gasteiger partial charge in [0.15, 0.2) is 0 Å². The molecule has 21 heavy (non-hydrogen) atoms. The van der Waals surface area contributed by atoms with Crippen LogP contribution in [0.3, 0.4) is 0 Å². The molecule has 1 saturated heterocycles. The number of rotatable bonds is 3. The number of benzene rings is 1. The van der Waals surface area contributed by atoms with Crippen LogP contribution in [0.15, 0.2) is 42.5 Å². The molecular weight excluding hydrogens is 289 g/mol. The molecule has 1 aliphatic heterocycles. The largest absolute Gasteiger partial charge is 0.367 e. The molecule has 0 radical (unpaired) electrons. The van der Waals surface area contributed by atoms with Crippen LogP contribution in [0.25, 0.3) is 0 Å². The van der Waals surface area contributed by atoms with Crippen LogP contribution in [-0.4, -0.2) is 36.1 Å². The Morgan fingerprint density at radius 3 is 2.48 bits per heavy atom. The SMILES string of the molecule is Fc1ccccc1N1CCN(Cc2cccc(Cl)n2)CC1. The summed E-state index contributed by atoms with van der Waals surface area (Å²) >= 11 is 5.90. The van der Waals surface area contributed by atoms with E-state index >= 15 is 0 Å². The van der Waals surface area contributed by atoms with Gasteiger partial charge in [-0.25, -0.2) is 9.37 Å². The van der Waals surface area contributed by atoms with E-state index in [9.17, 15) is 4.39 Å². The Morgan fingerprint density at radius 2 is 1.76 bits per heavy atom. The molecule has 0 N–H and O–H groups in total. The number of nitrogens with zero attached hydrogens (tertiary/aromatic N) is 3. The van der Waals surface area contributed by atoms with Gasteiger partial charge in [-0.3, -0.25) is 4.90 Å². The van der Waals surface area contributed by atoms with Gasteiger partial charge in [-0.1, -0.05) is 29.8 Å². The molecule has 1 aromatic carbocycles. The third kappa shape index (κ3) is 3.52. The van der Waals surface area contributed by atoms with E-state index in [0.717, 1.165) is 38.4 Å². The average molecular weight is 306 g/mol. The van der Waals surface area contributed by atoms with Gasteiger partial charge in [0.05, 0.1) is 11.4 Å². The molecular formula is C16H17ClFN3. The summed E-state index contributed by atoms with van der Waals surface area (Å²) in [6.45, 7) is 4.21. The first-order chi connectivity index (χ1) is 10.2. The number of para-hydroxylation sites is 1. The molecule has 1 aliphatic rings. The normalized spacial score (nSPS) is 16.2. The molecule has 0 aliphatic carbocycles. The Morgan fingerprint density at radius 1 is 1.00 bits per heavy atom. The van der Waals surface area contributed by atoms with E-state index in [1.165, 1.54) is 6.07 Å². The molecule has 110 valence electrons. The van der Waals surface area contributed by atoms with Gasteiger partial charge in [0.2, 0.25) is 0 Å². The van der Waals surface area contributed by atoms with Crippen molar-refractivity contribution in [1.82, 2.24) is 9.88 Å². The highest BCUT2D eigenvalue weighted by Gasteiger charge is 2.19. The fourth-order valence-electron chi connectivity index (χ4n) is 2.62. The van der Waals surface area contributed by atoms with Crippen molar-refractivity contribution in [2.45, 2.75) is 6.54 Å². The zero-order valence-corrected chi connectivity index (χ0v) is 12.4. The third-order valence-corrected chi connectivity index (χ3v) is 3.93. The number of anilines is 1. The van der Waals surface area contributed by atoms with Gasteiger partial charge in [-0.15, -0.1) is 0 Å². The van der Waals surface area contributed by atoms with Gasteiger partial charge in [0, 0.05) is 32.7 Å². The fourth-order valence-corrected chi connectivity index (χ4v) is 2.80. The zero-order valence-electron chi connectivity index (χ0n) is 11.7. The van der Waals surface area contributed by atoms with Crippen molar-refractivity contribution in [2.75, 3.05) is 31.1 Å². The van der Waals surface area contributed by atoms with E-state index in [1.54, 1.807) is 12.1 Å². The molecule has 0 atom stereocenters. The minimum absolute atomic E-state index is 0.151. The van der Waals surface area contributed by atoms with Crippen molar-refractivity contribution in [2.24, 2.45) is 0 Å². The number of aromatic nitrogens is 1. The molecule has 5 heteroatoms. The second-order valence-electron chi connectivity index (χ2n) is 5.17. The van der Waals surface area contributed by atoms with Crippen LogP contribution in [0, 0.1) is 5.82 Å². The standard InChI is InChI=1S/C16H17ClFN3/c17-16-7-3-4-13(19-16)12-20-8-10-21(11-9-20)15-6-2-1-5-14(15)18/h1-7H,8-12H2. The molecule has 0 unspecified atom stereocenters. The number of piperazine rings is 1. The van der Waals surface area contributed by atoms with E-state index in [1.807, 2.05) is 24.3 Å². The van der Waals surface area contributed by atoms with Gasteiger partial charge in [-0.05, 0) is 24.3 Å². The Kier molecular flexibility index (Phi) is 4.36. The second-order valence-corrected chi connectivity index (χ2v) is 5.55. The topological polar surface area (TPSA) is 19.4 Å². The van der Waals surface area contributed by atoms with E-state index in [0.29, 0.717) is 10.8 Å². The average Bonchev–Trinajstić information content (AvgIpc) is 2.49. The maximum atomic E-state index is 13.8. The summed E-state index contributed by atoms with van der Waals surface area (Å²) in [6, 6.07) is 12.6. The molecule has 0 amide bonds. The summed E-state index contributed by atoms with van der Waals surface area (Å²) in [4.78, 5) is 8.72. The molecule has 2 aromatic rings. The highest BCUT2D eigenvalue weighted by Crippen LogP contribution is 2.20. The lowest BCUT2D eigenvalue weighted by Gasteiger charge is -2.36. The second kappa shape index (κ2) is 6.41. The van der Waals surface area contributed by atoms with Crippen LogP contribution in [0.4, 0.5) is 10.1 Å². The van der Waals surface area contributed by atoms with Crippen LogP contribution in [-0.2, 0) is 6.54 Å². The smallest absolute Gasteiger partial charge is 0.146 e. The van der Waals surface area contributed by atoms with Gasteiger partial charge >= 0.3 is 0 Å². The van der Waals surface area contributed by atoms with E-state index in [2.05, 4.69) is 14.8 Å². The number of pyridine rings is 1. The maximum Gasteiger partial charge on any atom is 0.146 e. The molecule has 2 heterocycles. The summed E-state index contributed by atoms with van der Waals surface area (Å²) in [6.07, 6.45) is 0.